The van der Waals surface area contributed by atoms with Crippen LogP contribution in [0.3, 0.4) is 0 Å². The second-order valence-corrected chi connectivity index (χ2v) is 11.7. The summed E-state index contributed by atoms with van der Waals surface area (Å²) in [6.45, 7) is 5.45. The SMILES string of the molecule is C=CCOC(=O)N(CC1(c2noc(C3CCN(C(=O)c4ccc(C(=O)OC)cc4)CC3)n2)CC1)[C@H]1C[C@@H]1c1ccccc1. The fraction of sp³-hybridized carbons (Fsp3) is 0.424. The average Bonchev–Trinajstić information content (AvgIpc) is 3.98. The molecule has 10 nitrogen and oxygen atoms in total. The number of aromatic nitrogens is 2. The molecule has 0 unspecified atom stereocenters. The van der Waals surface area contributed by atoms with Crippen molar-refractivity contribution < 1.29 is 28.4 Å². The van der Waals surface area contributed by atoms with Gasteiger partial charge in [-0.3, -0.25) is 4.79 Å². The van der Waals surface area contributed by atoms with Gasteiger partial charge >= 0.3 is 12.1 Å². The molecule has 2 aliphatic carbocycles. The minimum atomic E-state index is -0.434. The quantitative estimate of drug-likeness (QED) is 0.239. The van der Waals surface area contributed by atoms with Gasteiger partial charge in [-0.15, -0.1) is 0 Å². The molecule has 2 heterocycles. The van der Waals surface area contributed by atoms with Crippen LogP contribution in [0, 0.1) is 0 Å². The summed E-state index contributed by atoms with van der Waals surface area (Å²) in [7, 11) is 1.33. The Balaban J connectivity index is 1.08. The van der Waals surface area contributed by atoms with E-state index in [1.165, 1.54) is 12.7 Å². The normalized spacial score (nSPS) is 20.6. The van der Waals surface area contributed by atoms with Crippen molar-refractivity contribution >= 4 is 18.0 Å². The lowest BCUT2D eigenvalue weighted by atomic mass is 9.96. The molecule has 224 valence electrons. The van der Waals surface area contributed by atoms with Crippen LogP contribution in [0.2, 0.25) is 0 Å². The number of amides is 2. The van der Waals surface area contributed by atoms with Crippen molar-refractivity contribution in [1.29, 1.82) is 0 Å². The molecule has 10 heteroatoms. The van der Waals surface area contributed by atoms with Crippen LogP contribution in [-0.4, -0.2) is 77.3 Å². The van der Waals surface area contributed by atoms with Crippen LogP contribution in [0.5, 0.6) is 0 Å². The van der Waals surface area contributed by atoms with E-state index in [9.17, 15) is 14.4 Å². The Morgan fingerprint density at radius 3 is 2.42 bits per heavy atom. The van der Waals surface area contributed by atoms with Crippen LogP contribution in [-0.2, 0) is 14.9 Å². The topological polar surface area (TPSA) is 115 Å². The fourth-order valence-electron chi connectivity index (χ4n) is 6.04. The number of likely N-dealkylation sites (tertiary alicyclic amines) is 1. The Bertz CT molecular complexity index is 1470. The van der Waals surface area contributed by atoms with E-state index >= 15 is 0 Å². The highest BCUT2D eigenvalue weighted by Gasteiger charge is 2.55. The van der Waals surface area contributed by atoms with Gasteiger partial charge in [-0.2, -0.15) is 4.98 Å². The molecule has 6 rings (SSSR count). The van der Waals surface area contributed by atoms with Gasteiger partial charge in [0.1, 0.15) is 6.61 Å². The van der Waals surface area contributed by atoms with E-state index in [0.29, 0.717) is 55.3 Å². The lowest BCUT2D eigenvalue weighted by molar-refractivity contribution is 0.0599. The first kappa shape index (κ1) is 28.6. The monoisotopic (exact) mass is 584 g/mol. The molecular weight excluding hydrogens is 548 g/mol. The zero-order chi connectivity index (χ0) is 30.0. The molecule has 0 N–H and O–H groups in total. The van der Waals surface area contributed by atoms with Crippen LogP contribution < -0.4 is 0 Å². The Morgan fingerprint density at radius 2 is 1.77 bits per heavy atom. The van der Waals surface area contributed by atoms with E-state index in [4.69, 9.17) is 19.0 Å². The number of hydrogen-bond donors (Lipinski definition) is 0. The van der Waals surface area contributed by atoms with E-state index < -0.39 is 5.97 Å². The van der Waals surface area contributed by atoms with E-state index in [0.717, 1.165) is 19.3 Å². The first-order valence-corrected chi connectivity index (χ1v) is 14.8. The molecule has 43 heavy (non-hydrogen) atoms. The lowest BCUT2D eigenvalue weighted by Gasteiger charge is -2.30. The number of esters is 1. The molecular formula is C33H36N4O6. The second-order valence-electron chi connectivity index (χ2n) is 11.7. The van der Waals surface area contributed by atoms with E-state index in [-0.39, 0.29) is 41.9 Å². The second kappa shape index (κ2) is 12.0. The molecule has 3 aliphatic rings. The lowest BCUT2D eigenvalue weighted by Crippen LogP contribution is -2.40. The third-order valence-corrected chi connectivity index (χ3v) is 8.87. The van der Waals surface area contributed by atoms with Gasteiger partial charge in [0.05, 0.1) is 18.1 Å². The minimum absolute atomic E-state index is 0.0577. The highest BCUT2D eigenvalue weighted by atomic mass is 16.6. The predicted molar refractivity (Wildman–Crippen MR) is 157 cm³/mol. The van der Waals surface area contributed by atoms with Crippen molar-refractivity contribution in [3.05, 3.63) is 95.7 Å². The summed E-state index contributed by atoms with van der Waals surface area (Å²) in [6, 6.07) is 16.8. The zero-order valence-corrected chi connectivity index (χ0v) is 24.3. The molecule has 1 saturated heterocycles. The number of piperidine rings is 1. The zero-order valence-electron chi connectivity index (χ0n) is 24.3. The van der Waals surface area contributed by atoms with Crippen LogP contribution in [0.15, 0.2) is 71.8 Å². The standard InChI is InChI=1S/C33H36N4O6/c1-3-19-42-32(40)37(27-20-26(27)22-7-5-4-6-8-22)21-33(15-16-33)31-34-28(43-35-31)23-13-17-36(18-14-23)29(38)24-9-11-25(12-10-24)30(39)41-2/h3-12,23,26-27H,1,13-21H2,2H3/t26-,27+/m1/s1. The Hall–Kier alpha value is -4.47. The summed E-state index contributed by atoms with van der Waals surface area (Å²) in [5, 5.41) is 4.39. The van der Waals surface area contributed by atoms with E-state index in [2.05, 4.69) is 23.9 Å². The van der Waals surface area contributed by atoms with Gasteiger partial charge in [0.2, 0.25) is 5.89 Å². The third-order valence-electron chi connectivity index (χ3n) is 8.87. The number of ether oxygens (including phenoxy) is 2. The largest absolute Gasteiger partial charge is 0.465 e. The van der Waals surface area contributed by atoms with Crippen molar-refractivity contribution in [2.24, 2.45) is 0 Å². The molecule has 1 aliphatic heterocycles. The summed E-state index contributed by atoms with van der Waals surface area (Å²) in [6.07, 6.45) is 5.31. The molecule has 3 aromatic rings. The average molecular weight is 585 g/mol. The summed E-state index contributed by atoms with van der Waals surface area (Å²) < 4.78 is 16.0. The maximum Gasteiger partial charge on any atom is 0.410 e. The van der Waals surface area contributed by atoms with Crippen molar-refractivity contribution in [2.75, 3.05) is 33.4 Å². The maximum absolute atomic E-state index is 13.1. The predicted octanol–water partition coefficient (Wildman–Crippen LogP) is 5.09. The number of carbonyl (C=O) groups is 3. The molecule has 2 amide bonds. The molecule has 0 bridgehead atoms. The summed E-state index contributed by atoms with van der Waals surface area (Å²) in [5.41, 5.74) is 1.82. The Labute approximate surface area is 250 Å². The van der Waals surface area contributed by atoms with Gasteiger partial charge in [0, 0.05) is 43.1 Å². The summed E-state index contributed by atoms with van der Waals surface area (Å²) >= 11 is 0. The summed E-state index contributed by atoms with van der Waals surface area (Å²) in [4.78, 5) is 46.4. The van der Waals surface area contributed by atoms with Gasteiger partial charge < -0.3 is 23.8 Å². The molecule has 1 aromatic heterocycles. The van der Waals surface area contributed by atoms with Gasteiger partial charge in [-0.1, -0.05) is 48.1 Å². The number of methoxy groups -OCH3 is 1. The Kier molecular flexibility index (Phi) is 8.01. The molecule has 2 aromatic carbocycles. The molecule has 2 saturated carbocycles. The smallest absolute Gasteiger partial charge is 0.410 e. The molecule has 0 spiro atoms. The fourth-order valence-corrected chi connectivity index (χ4v) is 6.04. The highest BCUT2D eigenvalue weighted by molar-refractivity contribution is 5.96. The number of nitrogens with zero attached hydrogens (tertiary/aromatic N) is 4. The first-order valence-electron chi connectivity index (χ1n) is 14.8. The van der Waals surface area contributed by atoms with E-state index in [1.807, 2.05) is 28.0 Å². The van der Waals surface area contributed by atoms with Crippen molar-refractivity contribution in [3.63, 3.8) is 0 Å². The summed E-state index contributed by atoms with van der Waals surface area (Å²) in [5.74, 6) is 1.07. The van der Waals surface area contributed by atoms with Crippen molar-refractivity contribution in [2.45, 2.75) is 55.4 Å². The molecule has 3 fully saturated rings. The van der Waals surface area contributed by atoms with Crippen LogP contribution in [0.25, 0.3) is 0 Å². The number of hydrogen-bond acceptors (Lipinski definition) is 8. The van der Waals surface area contributed by atoms with Crippen LogP contribution in [0.4, 0.5) is 4.79 Å². The number of carbonyl (C=O) groups excluding carboxylic acids is 3. The van der Waals surface area contributed by atoms with Crippen molar-refractivity contribution in [3.8, 4) is 0 Å². The van der Waals surface area contributed by atoms with Gasteiger partial charge in [-0.25, -0.2) is 9.59 Å². The van der Waals surface area contributed by atoms with Crippen LogP contribution in [0.1, 0.15) is 81.9 Å². The van der Waals surface area contributed by atoms with Crippen molar-refractivity contribution in [1.82, 2.24) is 19.9 Å². The number of benzene rings is 2. The van der Waals surface area contributed by atoms with Gasteiger partial charge in [0.15, 0.2) is 5.82 Å². The molecule has 0 radical (unpaired) electrons. The first-order chi connectivity index (χ1) is 20.9. The van der Waals surface area contributed by atoms with Crippen LogP contribution >= 0.6 is 0 Å². The van der Waals surface area contributed by atoms with Gasteiger partial charge in [0.25, 0.3) is 5.91 Å². The Morgan fingerprint density at radius 1 is 1.07 bits per heavy atom. The molecule has 2 atom stereocenters. The minimum Gasteiger partial charge on any atom is -0.465 e. The number of rotatable bonds is 10. The third kappa shape index (κ3) is 6.04. The van der Waals surface area contributed by atoms with E-state index in [1.54, 1.807) is 30.3 Å². The highest BCUT2D eigenvalue weighted by Crippen LogP contribution is 2.52. The van der Waals surface area contributed by atoms with Gasteiger partial charge in [-0.05, 0) is 61.9 Å². The maximum atomic E-state index is 13.1.